The third-order valence-corrected chi connectivity index (χ3v) is 5.28. The van der Waals surface area contributed by atoms with Gasteiger partial charge in [0.25, 0.3) is 0 Å². The number of rotatable bonds is 5. The monoisotopic (exact) mass is 361 g/mol. The van der Waals surface area contributed by atoms with Crippen molar-refractivity contribution in [1.82, 2.24) is 4.90 Å². The summed E-state index contributed by atoms with van der Waals surface area (Å²) in [6.45, 7) is 10.9. The molecule has 0 atom stereocenters. The van der Waals surface area contributed by atoms with Crippen molar-refractivity contribution in [1.29, 1.82) is 0 Å². The normalized spacial score (nSPS) is 19.2. The maximum atomic E-state index is 12.6. The lowest BCUT2D eigenvalue weighted by molar-refractivity contribution is -0.151. The summed E-state index contributed by atoms with van der Waals surface area (Å²) >= 11 is 0. The summed E-state index contributed by atoms with van der Waals surface area (Å²) in [6.07, 6.45) is 4.41. The highest BCUT2D eigenvalue weighted by Crippen LogP contribution is 2.44. The van der Waals surface area contributed by atoms with E-state index in [0.29, 0.717) is 42.6 Å². The van der Waals surface area contributed by atoms with E-state index in [1.807, 2.05) is 0 Å². The number of nitrogens with zero attached hydrogens (tertiary/aromatic N) is 1. The van der Waals surface area contributed by atoms with Gasteiger partial charge in [-0.2, -0.15) is 0 Å². The van der Waals surface area contributed by atoms with Crippen molar-refractivity contribution in [3.63, 3.8) is 0 Å². The average molecular weight is 361 g/mol. The van der Waals surface area contributed by atoms with E-state index >= 15 is 0 Å². The first-order chi connectivity index (χ1) is 12.3. The highest BCUT2D eigenvalue weighted by molar-refractivity contribution is 6.05. The molecule has 0 unspecified atom stereocenters. The van der Waals surface area contributed by atoms with Crippen molar-refractivity contribution < 1.29 is 19.1 Å². The molecule has 0 saturated heterocycles. The fourth-order valence-electron chi connectivity index (χ4n) is 3.90. The van der Waals surface area contributed by atoms with Gasteiger partial charge in [-0.3, -0.25) is 4.90 Å². The topological polar surface area (TPSA) is 55.8 Å². The molecule has 0 N–H and O–H groups in total. The van der Waals surface area contributed by atoms with Gasteiger partial charge in [0.05, 0.1) is 12.1 Å². The Morgan fingerprint density at radius 2 is 1.77 bits per heavy atom. The second kappa shape index (κ2) is 8.73. The van der Waals surface area contributed by atoms with Crippen LogP contribution in [0, 0.1) is 11.8 Å². The van der Waals surface area contributed by atoms with Gasteiger partial charge < -0.3 is 9.47 Å². The molecule has 2 aliphatic rings. The lowest BCUT2D eigenvalue weighted by Crippen LogP contribution is -2.38. The zero-order chi connectivity index (χ0) is 19.3. The first-order valence-corrected chi connectivity index (χ1v) is 9.62. The molecule has 0 amide bonds. The number of ether oxygens (including phenoxy) is 2. The number of carbonyl (C=O) groups is 2. The van der Waals surface area contributed by atoms with E-state index in [-0.39, 0.29) is 6.61 Å². The summed E-state index contributed by atoms with van der Waals surface area (Å²) in [5, 5.41) is 0. The zero-order valence-electron chi connectivity index (χ0n) is 16.7. The van der Waals surface area contributed by atoms with Gasteiger partial charge in [0.1, 0.15) is 5.60 Å². The first-order valence-electron chi connectivity index (χ1n) is 9.62. The predicted molar refractivity (Wildman–Crippen MR) is 100 cm³/mol. The second-order valence-electron chi connectivity index (χ2n) is 7.73. The largest absolute Gasteiger partial charge is 0.451 e. The van der Waals surface area contributed by atoms with Crippen molar-refractivity contribution in [2.75, 3.05) is 13.2 Å². The average Bonchev–Trinajstić information content (AvgIpc) is 2.80. The van der Waals surface area contributed by atoms with Gasteiger partial charge >= 0.3 is 11.9 Å². The van der Waals surface area contributed by atoms with E-state index in [4.69, 9.17) is 9.47 Å². The summed E-state index contributed by atoms with van der Waals surface area (Å²) in [5.41, 5.74) is 0.0290. The van der Waals surface area contributed by atoms with Gasteiger partial charge in [-0.15, -0.1) is 0 Å². The Bertz CT molecular complexity index is 622. The molecule has 0 radical (unpaired) electrons. The number of carbonyl (C=O) groups excluding carboxylic acids is 2. The summed E-state index contributed by atoms with van der Waals surface area (Å²) in [6, 6.07) is 0.819. The molecule has 1 aliphatic carbocycles. The summed E-state index contributed by atoms with van der Waals surface area (Å²) in [5.74, 6) is 5.13. The Hall–Kier alpha value is -1.80. The maximum Gasteiger partial charge on any atom is 0.339 e. The number of esters is 2. The molecular weight excluding hydrogens is 330 g/mol. The smallest absolute Gasteiger partial charge is 0.339 e. The minimum atomic E-state index is -0.768. The van der Waals surface area contributed by atoms with Crippen molar-refractivity contribution in [2.45, 2.75) is 84.4 Å². The summed E-state index contributed by atoms with van der Waals surface area (Å²) < 4.78 is 10.9. The molecule has 0 aromatic heterocycles. The van der Waals surface area contributed by atoms with Crippen LogP contribution in [0.25, 0.3) is 0 Å². The van der Waals surface area contributed by atoms with Crippen molar-refractivity contribution in [3.8, 4) is 11.8 Å². The Kier molecular flexibility index (Phi) is 6.88. The maximum absolute atomic E-state index is 12.6. The molecule has 0 bridgehead atoms. The van der Waals surface area contributed by atoms with Crippen molar-refractivity contribution in [3.05, 3.63) is 11.1 Å². The van der Waals surface area contributed by atoms with Crippen LogP contribution in [-0.2, 0) is 19.1 Å². The third kappa shape index (κ3) is 4.48. The molecular formula is C21H31NO4. The van der Waals surface area contributed by atoms with E-state index in [9.17, 15) is 9.59 Å². The van der Waals surface area contributed by atoms with Crippen LogP contribution >= 0.6 is 0 Å². The van der Waals surface area contributed by atoms with Gasteiger partial charge in [0.15, 0.2) is 6.61 Å². The number of hydrogen-bond donors (Lipinski definition) is 0. The summed E-state index contributed by atoms with van der Waals surface area (Å²) in [4.78, 5) is 26.9. The molecule has 5 nitrogen and oxygen atoms in total. The SMILES string of the molecule is CC1=C(C(=O)OCC#CCN(C(C)C)C(C)C)C2(CCCCC2)OC1=O. The first kappa shape index (κ1) is 20.5. The molecule has 1 fully saturated rings. The molecule has 0 aromatic rings. The molecule has 5 heteroatoms. The van der Waals surface area contributed by atoms with Crippen LogP contribution in [0.1, 0.15) is 66.7 Å². The fraction of sp³-hybridized carbons (Fsp3) is 0.714. The highest BCUT2D eigenvalue weighted by atomic mass is 16.6. The van der Waals surface area contributed by atoms with E-state index in [1.54, 1.807) is 6.92 Å². The van der Waals surface area contributed by atoms with Gasteiger partial charge in [-0.05, 0) is 60.3 Å². The fourth-order valence-corrected chi connectivity index (χ4v) is 3.90. The van der Waals surface area contributed by atoms with Crippen LogP contribution in [-0.4, -0.2) is 47.7 Å². The molecule has 144 valence electrons. The van der Waals surface area contributed by atoms with Crippen LogP contribution in [0.4, 0.5) is 0 Å². The van der Waals surface area contributed by atoms with Crippen molar-refractivity contribution >= 4 is 11.9 Å². The molecule has 1 aliphatic heterocycles. The second-order valence-corrected chi connectivity index (χ2v) is 7.73. The van der Waals surface area contributed by atoms with Crippen LogP contribution in [0.2, 0.25) is 0 Å². The van der Waals surface area contributed by atoms with Gasteiger partial charge in [-0.1, -0.05) is 18.3 Å². The lowest BCUT2D eigenvalue weighted by atomic mass is 9.79. The predicted octanol–water partition coefficient (Wildman–Crippen LogP) is 3.23. The van der Waals surface area contributed by atoms with E-state index < -0.39 is 17.5 Å². The highest BCUT2D eigenvalue weighted by Gasteiger charge is 2.50. The molecule has 2 rings (SSSR count). The van der Waals surface area contributed by atoms with Crippen LogP contribution in [0.3, 0.4) is 0 Å². The third-order valence-electron chi connectivity index (χ3n) is 5.28. The standard InChI is InChI=1S/C21H31NO4/c1-15(2)22(16(3)4)13-9-10-14-25-20(24)18-17(5)19(23)26-21(18)11-7-6-8-12-21/h15-16H,6-8,11-14H2,1-5H3. The molecule has 1 heterocycles. The van der Waals surface area contributed by atoms with Gasteiger partial charge in [0, 0.05) is 17.7 Å². The van der Waals surface area contributed by atoms with Crippen molar-refractivity contribution in [2.24, 2.45) is 0 Å². The van der Waals surface area contributed by atoms with E-state index in [1.165, 1.54) is 0 Å². The summed E-state index contributed by atoms with van der Waals surface area (Å²) in [7, 11) is 0. The molecule has 1 saturated carbocycles. The lowest BCUT2D eigenvalue weighted by Gasteiger charge is -2.33. The van der Waals surface area contributed by atoms with Crippen LogP contribution < -0.4 is 0 Å². The number of hydrogen-bond acceptors (Lipinski definition) is 5. The Morgan fingerprint density at radius 3 is 2.35 bits per heavy atom. The molecule has 0 aromatic carbocycles. The van der Waals surface area contributed by atoms with Crippen LogP contribution in [0.5, 0.6) is 0 Å². The molecule has 1 spiro atoms. The van der Waals surface area contributed by atoms with E-state index in [2.05, 4.69) is 44.4 Å². The van der Waals surface area contributed by atoms with E-state index in [0.717, 1.165) is 19.3 Å². The Morgan fingerprint density at radius 1 is 1.15 bits per heavy atom. The zero-order valence-corrected chi connectivity index (χ0v) is 16.7. The molecule has 26 heavy (non-hydrogen) atoms. The van der Waals surface area contributed by atoms with Gasteiger partial charge in [0.2, 0.25) is 0 Å². The Labute approximate surface area is 157 Å². The van der Waals surface area contributed by atoms with Gasteiger partial charge in [-0.25, -0.2) is 9.59 Å². The minimum absolute atomic E-state index is 0.0317. The minimum Gasteiger partial charge on any atom is -0.451 e. The van der Waals surface area contributed by atoms with Crippen LogP contribution in [0.15, 0.2) is 11.1 Å². The quantitative estimate of drug-likeness (QED) is 0.556. The Balaban J connectivity index is 1.97.